The van der Waals surface area contributed by atoms with E-state index in [2.05, 4.69) is 5.32 Å². The van der Waals surface area contributed by atoms with Crippen LogP contribution in [0.1, 0.15) is 32.1 Å². The molecule has 0 aliphatic carbocycles. The van der Waals surface area contributed by atoms with Crippen LogP contribution in [-0.2, 0) is 9.53 Å². The Morgan fingerprint density at radius 3 is 2.88 bits per heavy atom. The zero-order valence-electron chi connectivity index (χ0n) is 10.3. The number of halogens is 1. The first-order chi connectivity index (χ1) is 7.86. The lowest BCUT2D eigenvalue weighted by molar-refractivity contribution is -0.134. The highest BCUT2D eigenvalue weighted by Gasteiger charge is 2.21. The molecular formula is C12H23ClN2O2. The molecule has 0 aromatic rings. The van der Waals surface area contributed by atoms with Gasteiger partial charge in [0.15, 0.2) is 0 Å². The van der Waals surface area contributed by atoms with E-state index in [0.29, 0.717) is 6.42 Å². The highest BCUT2D eigenvalue weighted by atomic mass is 35.5. The van der Waals surface area contributed by atoms with Gasteiger partial charge < -0.3 is 15.0 Å². The lowest BCUT2D eigenvalue weighted by Gasteiger charge is -2.26. The minimum Gasteiger partial charge on any atom is -0.378 e. The van der Waals surface area contributed by atoms with Crippen LogP contribution in [0.5, 0.6) is 0 Å². The van der Waals surface area contributed by atoms with Gasteiger partial charge in [0.25, 0.3) is 0 Å². The van der Waals surface area contributed by atoms with Gasteiger partial charge in [0.2, 0.25) is 5.91 Å². The van der Waals surface area contributed by atoms with E-state index in [9.17, 15) is 4.79 Å². The van der Waals surface area contributed by atoms with E-state index >= 15 is 0 Å². The van der Waals surface area contributed by atoms with Crippen molar-refractivity contribution in [3.8, 4) is 0 Å². The van der Waals surface area contributed by atoms with Crippen LogP contribution in [0.2, 0.25) is 0 Å². The van der Waals surface area contributed by atoms with Gasteiger partial charge in [-0.15, -0.1) is 12.4 Å². The summed E-state index contributed by atoms with van der Waals surface area (Å²) < 4.78 is 5.61. The van der Waals surface area contributed by atoms with Crippen molar-refractivity contribution in [1.29, 1.82) is 0 Å². The first-order valence-electron chi connectivity index (χ1n) is 6.46. The summed E-state index contributed by atoms with van der Waals surface area (Å²) in [6.45, 7) is 4.55. The zero-order chi connectivity index (χ0) is 11.2. The second-order valence-corrected chi connectivity index (χ2v) is 4.68. The van der Waals surface area contributed by atoms with Crippen molar-refractivity contribution in [2.45, 2.75) is 38.2 Å². The molecule has 17 heavy (non-hydrogen) atoms. The summed E-state index contributed by atoms with van der Waals surface area (Å²) in [6, 6.07) is 0. The van der Waals surface area contributed by atoms with Crippen LogP contribution in [0.3, 0.4) is 0 Å². The van der Waals surface area contributed by atoms with Crippen molar-refractivity contribution in [1.82, 2.24) is 10.2 Å². The van der Waals surface area contributed by atoms with E-state index in [1.54, 1.807) is 0 Å². The Bertz CT molecular complexity index is 225. The molecule has 0 aromatic heterocycles. The SMILES string of the molecule is Cl.O=C(CC1CCCCO1)N1CCCNCC1. The van der Waals surface area contributed by atoms with E-state index in [1.807, 2.05) is 4.90 Å². The summed E-state index contributed by atoms with van der Waals surface area (Å²) in [5.41, 5.74) is 0. The fourth-order valence-corrected chi connectivity index (χ4v) is 2.39. The molecule has 1 unspecified atom stereocenters. The highest BCUT2D eigenvalue weighted by Crippen LogP contribution is 2.16. The molecule has 0 bridgehead atoms. The molecule has 1 N–H and O–H groups in total. The molecule has 100 valence electrons. The smallest absolute Gasteiger partial charge is 0.225 e. The third kappa shape index (κ3) is 4.82. The molecule has 0 radical (unpaired) electrons. The number of hydrogen-bond donors (Lipinski definition) is 1. The molecule has 1 atom stereocenters. The Hall–Kier alpha value is -0.320. The van der Waals surface area contributed by atoms with E-state index < -0.39 is 0 Å². The molecule has 0 aromatic carbocycles. The number of ether oxygens (including phenoxy) is 1. The molecule has 1 amide bonds. The summed E-state index contributed by atoms with van der Waals surface area (Å²) in [6.07, 6.45) is 5.24. The molecule has 2 heterocycles. The third-order valence-corrected chi connectivity index (χ3v) is 3.37. The van der Waals surface area contributed by atoms with Gasteiger partial charge in [-0.25, -0.2) is 0 Å². The van der Waals surface area contributed by atoms with Crippen LogP contribution in [0.25, 0.3) is 0 Å². The summed E-state index contributed by atoms with van der Waals surface area (Å²) in [5.74, 6) is 0.274. The standard InChI is InChI=1S/C12H22N2O2.ClH/c15-12(10-11-4-1-2-9-16-11)14-7-3-5-13-6-8-14;/h11,13H,1-10H2;1H. The molecular weight excluding hydrogens is 240 g/mol. The van der Waals surface area contributed by atoms with Gasteiger partial charge in [-0.2, -0.15) is 0 Å². The Labute approximate surface area is 109 Å². The lowest BCUT2D eigenvalue weighted by atomic mass is 10.1. The quantitative estimate of drug-likeness (QED) is 0.813. The molecule has 4 nitrogen and oxygen atoms in total. The van der Waals surface area contributed by atoms with Crippen LogP contribution in [0, 0.1) is 0 Å². The number of hydrogen-bond acceptors (Lipinski definition) is 3. The predicted octanol–water partition coefficient (Wildman–Crippen LogP) is 1.19. The second kappa shape index (κ2) is 7.90. The van der Waals surface area contributed by atoms with E-state index in [-0.39, 0.29) is 24.4 Å². The Morgan fingerprint density at radius 1 is 1.24 bits per heavy atom. The molecule has 2 fully saturated rings. The van der Waals surface area contributed by atoms with E-state index in [4.69, 9.17) is 4.74 Å². The number of nitrogens with zero attached hydrogens (tertiary/aromatic N) is 1. The number of carbonyl (C=O) groups is 1. The van der Waals surface area contributed by atoms with Gasteiger partial charge in [0.05, 0.1) is 12.5 Å². The number of amides is 1. The normalized spacial score (nSPS) is 25.9. The largest absolute Gasteiger partial charge is 0.378 e. The van der Waals surface area contributed by atoms with Gasteiger partial charge in [0.1, 0.15) is 0 Å². The van der Waals surface area contributed by atoms with Crippen molar-refractivity contribution in [2.24, 2.45) is 0 Å². The molecule has 0 saturated carbocycles. The van der Waals surface area contributed by atoms with Crippen LogP contribution in [0.15, 0.2) is 0 Å². The van der Waals surface area contributed by atoms with Gasteiger partial charge in [-0.3, -0.25) is 4.79 Å². The van der Waals surface area contributed by atoms with Crippen molar-refractivity contribution >= 4 is 18.3 Å². The predicted molar refractivity (Wildman–Crippen MR) is 69.5 cm³/mol. The minimum atomic E-state index is 0. The molecule has 0 spiro atoms. The third-order valence-electron chi connectivity index (χ3n) is 3.37. The monoisotopic (exact) mass is 262 g/mol. The van der Waals surface area contributed by atoms with Crippen molar-refractivity contribution in [3.05, 3.63) is 0 Å². The van der Waals surface area contributed by atoms with Gasteiger partial charge in [-0.05, 0) is 32.2 Å². The average Bonchev–Trinajstić information content (AvgIpc) is 2.59. The van der Waals surface area contributed by atoms with Gasteiger partial charge in [0, 0.05) is 26.2 Å². The Morgan fingerprint density at radius 2 is 2.12 bits per heavy atom. The number of nitrogens with one attached hydrogen (secondary N) is 1. The van der Waals surface area contributed by atoms with Crippen molar-refractivity contribution in [2.75, 3.05) is 32.8 Å². The van der Waals surface area contributed by atoms with Crippen LogP contribution in [0.4, 0.5) is 0 Å². The Kier molecular flexibility index (Phi) is 6.85. The lowest BCUT2D eigenvalue weighted by Crippen LogP contribution is -2.37. The van der Waals surface area contributed by atoms with Crippen LogP contribution < -0.4 is 5.32 Å². The average molecular weight is 263 g/mol. The molecule has 2 rings (SSSR count). The number of rotatable bonds is 2. The van der Waals surface area contributed by atoms with Crippen molar-refractivity contribution < 1.29 is 9.53 Å². The Balaban J connectivity index is 0.00000144. The summed E-state index contributed by atoms with van der Waals surface area (Å²) in [4.78, 5) is 14.0. The first-order valence-corrected chi connectivity index (χ1v) is 6.46. The molecule has 2 saturated heterocycles. The topological polar surface area (TPSA) is 41.6 Å². The zero-order valence-corrected chi connectivity index (χ0v) is 11.1. The molecule has 2 aliphatic heterocycles. The number of carbonyl (C=O) groups excluding carboxylic acids is 1. The minimum absolute atomic E-state index is 0. The molecule has 2 aliphatic rings. The van der Waals surface area contributed by atoms with Crippen molar-refractivity contribution in [3.63, 3.8) is 0 Å². The van der Waals surface area contributed by atoms with Gasteiger partial charge in [-0.1, -0.05) is 0 Å². The molecule has 5 heteroatoms. The maximum Gasteiger partial charge on any atom is 0.225 e. The van der Waals surface area contributed by atoms with E-state index in [0.717, 1.165) is 52.0 Å². The maximum atomic E-state index is 12.0. The maximum absolute atomic E-state index is 12.0. The highest BCUT2D eigenvalue weighted by molar-refractivity contribution is 5.85. The fourth-order valence-electron chi connectivity index (χ4n) is 2.39. The summed E-state index contributed by atoms with van der Waals surface area (Å²) in [7, 11) is 0. The summed E-state index contributed by atoms with van der Waals surface area (Å²) in [5, 5.41) is 3.31. The van der Waals surface area contributed by atoms with E-state index in [1.165, 1.54) is 6.42 Å². The van der Waals surface area contributed by atoms with Gasteiger partial charge >= 0.3 is 0 Å². The first kappa shape index (κ1) is 14.7. The summed E-state index contributed by atoms with van der Waals surface area (Å²) >= 11 is 0. The second-order valence-electron chi connectivity index (χ2n) is 4.68. The fraction of sp³-hybridized carbons (Fsp3) is 0.917. The van der Waals surface area contributed by atoms with Crippen LogP contribution >= 0.6 is 12.4 Å². The van der Waals surface area contributed by atoms with Crippen LogP contribution in [-0.4, -0.2) is 49.7 Å².